The third kappa shape index (κ3) is 5.52. The van der Waals surface area contributed by atoms with E-state index in [0.29, 0.717) is 28.7 Å². The summed E-state index contributed by atoms with van der Waals surface area (Å²) in [5.74, 6) is 0. The molecular weight excluding hydrogens is 491 g/mol. The number of hydroxylamine groups is 1. The molecule has 0 aliphatic heterocycles. The maximum absolute atomic E-state index is 12.5. The number of benzene rings is 2. The van der Waals surface area contributed by atoms with Crippen LogP contribution in [-0.4, -0.2) is 30.0 Å². The lowest BCUT2D eigenvalue weighted by atomic mass is 10.2. The molecule has 0 amide bonds. The Morgan fingerprint density at radius 3 is 1.93 bits per heavy atom. The van der Waals surface area contributed by atoms with Crippen molar-refractivity contribution in [3.8, 4) is 0 Å². The Morgan fingerprint density at radius 1 is 0.929 bits per heavy atom. The van der Waals surface area contributed by atoms with Gasteiger partial charge in [0.25, 0.3) is 10.1 Å². The van der Waals surface area contributed by atoms with Gasteiger partial charge in [-0.25, -0.2) is 0 Å². The van der Waals surface area contributed by atoms with Gasteiger partial charge < -0.3 is 5.21 Å². The Balaban J connectivity index is 2.03. The van der Waals surface area contributed by atoms with E-state index in [0.717, 1.165) is 0 Å². The maximum atomic E-state index is 12.5. The zero-order valence-corrected chi connectivity index (χ0v) is 17.0. The summed E-state index contributed by atoms with van der Waals surface area (Å²) >= 11 is 3.13. The summed E-state index contributed by atoms with van der Waals surface area (Å²) in [7, 11) is -8.77. The smallest absolute Gasteiger partial charge is 0.416 e. The van der Waals surface area contributed by atoms with Crippen LogP contribution < -0.4 is 4.47 Å². The molecule has 1 unspecified atom stereocenters. The second-order valence-corrected chi connectivity index (χ2v) is 9.84. The van der Waals surface area contributed by atoms with Crippen LogP contribution in [0.3, 0.4) is 0 Å². The molecule has 0 bridgehead atoms. The molecular formula is C15H13BrF3NO6S2. The molecule has 7 nitrogen and oxygen atoms in total. The summed E-state index contributed by atoms with van der Waals surface area (Å²) in [4.78, 5) is -0.810. The lowest BCUT2D eigenvalue weighted by Crippen LogP contribution is -3.09. The fourth-order valence-electron chi connectivity index (χ4n) is 1.99. The Hall–Kier alpha value is -1.51. The second-order valence-electron chi connectivity index (χ2n) is 5.38. The standard InChI is InChI=1S/C15H13BrF3NO6S2/c16-12-3-7-14(8-4-12)28(24,25)26-10-9-20(21)27(22,23)13-5-1-11(2-6-13)15(17,18)19/h1-8,20H,9-10H2. The van der Waals surface area contributed by atoms with Gasteiger partial charge in [0, 0.05) is 4.47 Å². The van der Waals surface area contributed by atoms with E-state index in [-0.39, 0.29) is 4.90 Å². The van der Waals surface area contributed by atoms with Gasteiger partial charge in [-0.1, -0.05) is 15.9 Å². The third-order valence-electron chi connectivity index (χ3n) is 3.44. The number of nitrogens with one attached hydrogen (secondary N) is 1. The van der Waals surface area contributed by atoms with Crippen LogP contribution >= 0.6 is 15.9 Å². The van der Waals surface area contributed by atoms with Crippen LogP contribution in [0.25, 0.3) is 0 Å². The molecule has 0 aliphatic carbocycles. The molecule has 2 aromatic rings. The molecule has 0 aromatic heterocycles. The Kier molecular flexibility index (Phi) is 6.89. The number of quaternary nitrogens is 1. The number of hydrogen-bond acceptors (Lipinski definition) is 6. The maximum Gasteiger partial charge on any atom is 0.416 e. The quantitative estimate of drug-likeness (QED) is 0.457. The van der Waals surface area contributed by atoms with Crippen molar-refractivity contribution < 1.29 is 38.7 Å². The van der Waals surface area contributed by atoms with Gasteiger partial charge in [0.1, 0.15) is 18.0 Å². The molecule has 2 rings (SSSR count). The Morgan fingerprint density at radius 2 is 1.43 bits per heavy atom. The third-order valence-corrected chi connectivity index (χ3v) is 6.99. The fraction of sp³-hybridized carbons (Fsp3) is 0.200. The van der Waals surface area contributed by atoms with Crippen LogP contribution in [0.5, 0.6) is 0 Å². The molecule has 1 N–H and O–H groups in total. The molecule has 0 saturated heterocycles. The molecule has 0 heterocycles. The van der Waals surface area contributed by atoms with Gasteiger partial charge >= 0.3 is 16.2 Å². The van der Waals surface area contributed by atoms with Crippen molar-refractivity contribution in [2.24, 2.45) is 0 Å². The lowest BCUT2D eigenvalue weighted by Gasteiger charge is -2.21. The van der Waals surface area contributed by atoms with E-state index in [9.17, 15) is 35.2 Å². The van der Waals surface area contributed by atoms with Gasteiger partial charge in [-0.3, -0.25) is 8.65 Å². The molecule has 0 fully saturated rings. The first kappa shape index (κ1) is 22.8. The molecule has 0 aliphatic rings. The Bertz CT molecular complexity index is 1020. The second kappa shape index (κ2) is 8.47. The van der Waals surface area contributed by atoms with Crippen LogP contribution in [0.4, 0.5) is 13.2 Å². The number of alkyl halides is 3. The summed E-state index contributed by atoms with van der Waals surface area (Å²) in [5.41, 5.74) is -1.07. The van der Waals surface area contributed by atoms with E-state index >= 15 is 0 Å². The summed E-state index contributed by atoms with van der Waals surface area (Å²) in [5, 5.41) is 11.9. The van der Waals surface area contributed by atoms with Crippen molar-refractivity contribution >= 4 is 36.1 Å². The van der Waals surface area contributed by atoms with Crippen LogP contribution in [0, 0.1) is 5.21 Å². The van der Waals surface area contributed by atoms with E-state index in [4.69, 9.17) is 0 Å². The first-order chi connectivity index (χ1) is 12.8. The zero-order valence-electron chi connectivity index (χ0n) is 13.8. The molecule has 154 valence electrons. The minimum absolute atomic E-state index is 0.186. The van der Waals surface area contributed by atoms with Gasteiger partial charge in [0.15, 0.2) is 0 Å². The Labute approximate surface area is 167 Å². The topological polar surface area (TPSA) is 105 Å². The van der Waals surface area contributed by atoms with Crippen LogP contribution in [-0.2, 0) is 30.5 Å². The van der Waals surface area contributed by atoms with Gasteiger partial charge in [0.05, 0.1) is 10.5 Å². The largest absolute Gasteiger partial charge is 0.618 e. The molecule has 13 heteroatoms. The summed E-state index contributed by atoms with van der Waals surface area (Å²) < 4.78 is 89.6. The van der Waals surface area contributed by atoms with E-state index in [2.05, 4.69) is 20.1 Å². The minimum atomic E-state index is -4.65. The van der Waals surface area contributed by atoms with E-state index in [1.165, 1.54) is 24.3 Å². The highest BCUT2D eigenvalue weighted by Crippen LogP contribution is 2.29. The summed E-state index contributed by atoms with van der Waals surface area (Å²) in [6.45, 7) is -1.53. The van der Waals surface area contributed by atoms with Crippen LogP contribution in [0.2, 0.25) is 0 Å². The highest BCUT2D eigenvalue weighted by atomic mass is 79.9. The average molecular weight is 504 g/mol. The summed E-state index contributed by atoms with van der Waals surface area (Å²) in [6.07, 6.45) is -4.65. The normalized spacial score (nSPS) is 14.0. The molecule has 28 heavy (non-hydrogen) atoms. The minimum Gasteiger partial charge on any atom is -0.618 e. The molecule has 2 aromatic carbocycles. The van der Waals surface area contributed by atoms with E-state index < -0.39 is 54.4 Å². The predicted molar refractivity (Wildman–Crippen MR) is 95.1 cm³/mol. The number of halogens is 4. The first-order valence-electron chi connectivity index (χ1n) is 7.44. The van der Waals surface area contributed by atoms with Crippen molar-refractivity contribution in [1.29, 1.82) is 0 Å². The van der Waals surface area contributed by atoms with Crippen LogP contribution in [0.1, 0.15) is 5.56 Å². The summed E-state index contributed by atoms with van der Waals surface area (Å²) in [6, 6.07) is 7.81. The van der Waals surface area contributed by atoms with Crippen molar-refractivity contribution in [3.05, 3.63) is 63.8 Å². The fourth-order valence-corrected chi connectivity index (χ4v) is 4.27. The molecule has 0 saturated carbocycles. The highest BCUT2D eigenvalue weighted by Gasteiger charge is 2.31. The highest BCUT2D eigenvalue weighted by molar-refractivity contribution is 9.10. The van der Waals surface area contributed by atoms with Crippen molar-refractivity contribution in [3.63, 3.8) is 0 Å². The number of sulfonamides is 1. The monoisotopic (exact) mass is 503 g/mol. The van der Waals surface area contributed by atoms with Crippen molar-refractivity contribution in [2.45, 2.75) is 16.0 Å². The average Bonchev–Trinajstić information content (AvgIpc) is 2.61. The van der Waals surface area contributed by atoms with Crippen molar-refractivity contribution in [1.82, 2.24) is 0 Å². The molecule has 0 spiro atoms. The van der Waals surface area contributed by atoms with E-state index in [1.807, 2.05) is 0 Å². The zero-order chi connectivity index (χ0) is 21.2. The number of rotatable bonds is 7. The number of hydrogen-bond donors (Lipinski definition) is 1. The lowest BCUT2D eigenvalue weighted by molar-refractivity contribution is -0.708. The van der Waals surface area contributed by atoms with E-state index in [1.54, 1.807) is 0 Å². The first-order valence-corrected chi connectivity index (χ1v) is 11.1. The SMILES string of the molecule is O=S(=O)(OCC[NH+]([O-])S(=O)(=O)c1ccc(C(F)(F)F)cc1)c1ccc(Br)cc1. The predicted octanol–water partition coefficient (Wildman–Crippen LogP) is 1.94. The van der Waals surface area contributed by atoms with Gasteiger partial charge in [-0.15, -0.1) is 0 Å². The van der Waals surface area contributed by atoms with Gasteiger partial charge in [-0.05, 0) is 48.5 Å². The molecule has 0 radical (unpaired) electrons. The van der Waals surface area contributed by atoms with Crippen molar-refractivity contribution in [2.75, 3.05) is 13.2 Å². The molecule has 1 atom stereocenters. The van der Waals surface area contributed by atoms with Gasteiger partial charge in [0.2, 0.25) is 0 Å². The van der Waals surface area contributed by atoms with Crippen LogP contribution in [0.15, 0.2) is 62.8 Å². The van der Waals surface area contributed by atoms with Gasteiger partial charge in [-0.2, -0.15) is 30.0 Å².